The summed E-state index contributed by atoms with van der Waals surface area (Å²) in [6.45, 7) is 5.70. The average molecular weight is 342 g/mol. The van der Waals surface area contributed by atoms with Gasteiger partial charge in [-0.2, -0.15) is 5.10 Å². The number of nitrogens with zero attached hydrogens (tertiary/aromatic N) is 2. The predicted octanol–water partition coefficient (Wildman–Crippen LogP) is 2.53. The van der Waals surface area contributed by atoms with E-state index >= 15 is 0 Å². The van der Waals surface area contributed by atoms with E-state index in [0.717, 1.165) is 31.5 Å². The molecule has 6 heteroatoms. The van der Waals surface area contributed by atoms with Crippen molar-refractivity contribution in [2.45, 2.75) is 45.2 Å². The number of benzene rings is 1. The summed E-state index contributed by atoms with van der Waals surface area (Å²) in [4.78, 5) is 12.8. The molecular formula is C19H26N4O2. The molecule has 1 saturated heterocycles. The maximum Gasteiger partial charge on any atom is 0.275 e. The maximum atomic E-state index is 12.8. The molecule has 1 fully saturated rings. The summed E-state index contributed by atoms with van der Waals surface area (Å²) >= 11 is 0. The van der Waals surface area contributed by atoms with Gasteiger partial charge in [0.05, 0.1) is 18.5 Å². The minimum atomic E-state index is -0.179. The van der Waals surface area contributed by atoms with Crippen molar-refractivity contribution >= 4 is 5.91 Å². The summed E-state index contributed by atoms with van der Waals surface area (Å²) in [6.07, 6.45) is 4.70. The Morgan fingerprint density at radius 3 is 2.92 bits per heavy atom. The summed E-state index contributed by atoms with van der Waals surface area (Å²) in [7, 11) is 0. The van der Waals surface area contributed by atoms with E-state index in [9.17, 15) is 4.79 Å². The normalized spacial score (nSPS) is 20.2. The molecule has 25 heavy (non-hydrogen) atoms. The van der Waals surface area contributed by atoms with Crippen LogP contribution in [0.15, 0.2) is 36.5 Å². The third kappa shape index (κ3) is 4.20. The minimum Gasteiger partial charge on any atom is -0.489 e. The SMILES string of the molecule is CCCOc1cn(-c2ccccc2)nc1C(=O)NC1CCCNC1C. The Bertz CT molecular complexity index is 699. The molecule has 0 aliphatic carbocycles. The number of carbonyl (C=O) groups excluding carboxylic acids is 1. The van der Waals surface area contributed by atoms with Gasteiger partial charge in [0.25, 0.3) is 5.91 Å². The van der Waals surface area contributed by atoms with E-state index in [0.29, 0.717) is 18.1 Å². The van der Waals surface area contributed by atoms with Crippen LogP contribution in [-0.4, -0.2) is 40.9 Å². The van der Waals surface area contributed by atoms with Crippen LogP contribution in [0.2, 0.25) is 0 Å². The first-order chi connectivity index (χ1) is 12.2. The van der Waals surface area contributed by atoms with Gasteiger partial charge >= 0.3 is 0 Å². The van der Waals surface area contributed by atoms with E-state index in [4.69, 9.17) is 4.74 Å². The molecule has 1 aliphatic rings. The zero-order valence-corrected chi connectivity index (χ0v) is 14.9. The highest BCUT2D eigenvalue weighted by Gasteiger charge is 2.26. The molecule has 2 unspecified atom stereocenters. The first-order valence-corrected chi connectivity index (χ1v) is 9.01. The van der Waals surface area contributed by atoms with Gasteiger partial charge < -0.3 is 15.4 Å². The van der Waals surface area contributed by atoms with Crippen molar-refractivity contribution in [2.24, 2.45) is 0 Å². The number of amides is 1. The molecule has 1 aromatic carbocycles. The van der Waals surface area contributed by atoms with Crippen LogP contribution in [0.5, 0.6) is 5.75 Å². The first-order valence-electron chi connectivity index (χ1n) is 9.01. The van der Waals surface area contributed by atoms with Crippen LogP contribution >= 0.6 is 0 Å². The summed E-state index contributed by atoms with van der Waals surface area (Å²) in [5, 5.41) is 11.0. The molecular weight excluding hydrogens is 316 g/mol. The molecule has 2 aromatic rings. The second-order valence-electron chi connectivity index (χ2n) is 6.44. The second kappa shape index (κ2) is 8.16. The molecule has 2 atom stereocenters. The number of rotatable bonds is 6. The Morgan fingerprint density at radius 1 is 1.40 bits per heavy atom. The summed E-state index contributed by atoms with van der Waals surface area (Å²) in [6, 6.07) is 10.1. The number of carbonyl (C=O) groups is 1. The summed E-state index contributed by atoms with van der Waals surface area (Å²) in [5.74, 6) is 0.348. The lowest BCUT2D eigenvalue weighted by Gasteiger charge is -2.30. The Morgan fingerprint density at radius 2 is 2.20 bits per heavy atom. The third-order valence-electron chi connectivity index (χ3n) is 4.46. The molecule has 134 valence electrons. The highest BCUT2D eigenvalue weighted by molar-refractivity contribution is 5.95. The van der Waals surface area contributed by atoms with Crippen molar-refractivity contribution in [3.05, 3.63) is 42.2 Å². The van der Waals surface area contributed by atoms with Gasteiger partial charge in [-0.15, -0.1) is 0 Å². The van der Waals surface area contributed by atoms with Crippen LogP contribution in [0.25, 0.3) is 5.69 Å². The first kappa shape index (κ1) is 17.5. The van der Waals surface area contributed by atoms with Crippen molar-refractivity contribution in [3.8, 4) is 11.4 Å². The van der Waals surface area contributed by atoms with Gasteiger partial charge in [0.15, 0.2) is 11.4 Å². The van der Waals surface area contributed by atoms with Crippen molar-refractivity contribution in [2.75, 3.05) is 13.2 Å². The Labute approximate surface area is 148 Å². The standard InChI is InChI=1S/C19H26N4O2/c1-3-12-25-17-13-23(15-8-5-4-6-9-15)22-18(17)19(24)21-16-10-7-11-20-14(16)2/h4-6,8-9,13-14,16,20H,3,7,10-12H2,1-2H3,(H,21,24). The maximum absolute atomic E-state index is 12.8. The van der Waals surface area contributed by atoms with Crippen molar-refractivity contribution in [1.82, 2.24) is 20.4 Å². The Balaban J connectivity index is 1.82. The Hall–Kier alpha value is -2.34. The van der Waals surface area contributed by atoms with Crippen LogP contribution in [0.3, 0.4) is 0 Å². The van der Waals surface area contributed by atoms with Crippen molar-refractivity contribution in [3.63, 3.8) is 0 Å². The third-order valence-corrected chi connectivity index (χ3v) is 4.46. The van der Waals surface area contributed by atoms with Gasteiger partial charge in [0.2, 0.25) is 0 Å². The lowest BCUT2D eigenvalue weighted by molar-refractivity contribution is 0.0910. The molecule has 1 aromatic heterocycles. The zero-order valence-electron chi connectivity index (χ0n) is 14.9. The van der Waals surface area contributed by atoms with E-state index in [-0.39, 0.29) is 18.0 Å². The number of hydrogen-bond donors (Lipinski definition) is 2. The van der Waals surface area contributed by atoms with Gasteiger partial charge in [0, 0.05) is 12.1 Å². The van der Waals surface area contributed by atoms with Crippen molar-refractivity contribution < 1.29 is 9.53 Å². The molecule has 0 spiro atoms. The van der Waals surface area contributed by atoms with Crippen LogP contribution in [0.1, 0.15) is 43.6 Å². The average Bonchev–Trinajstić information content (AvgIpc) is 3.07. The minimum absolute atomic E-state index is 0.113. The Kier molecular flexibility index (Phi) is 5.71. The van der Waals surface area contributed by atoms with E-state index in [1.807, 2.05) is 37.3 Å². The van der Waals surface area contributed by atoms with Gasteiger partial charge in [-0.25, -0.2) is 4.68 Å². The smallest absolute Gasteiger partial charge is 0.275 e. The van der Waals surface area contributed by atoms with Gasteiger partial charge in [-0.05, 0) is 44.9 Å². The quantitative estimate of drug-likeness (QED) is 0.846. The summed E-state index contributed by atoms with van der Waals surface area (Å²) in [5.41, 5.74) is 1.24. The molecule has 6 nitrogen and oxygen atoms in total. The molecule has 1 aliphatic heterocycles. The predicted molar refractivity (Wildman–Crippen MR) is 97.3 cm³/mol. The fraction of sp³-hybridized carbons (Fsp3) is 0.474. The van der Waals surface area contributed by atoms with Crippen LogP contribution in [0, 0.1) is 0 Å². The molecule has 1 amide bonds. The number of nitrogens with one attached hydrogen (secondary N) is 2. The molecule has 0 saturated carbocycles. The van der Waals surface area contributed by atoms with E-state index < -0.39 is 0 Å². The highest BCUT2D eigenvalue weighted by Crippen LogP contribution is 2.21. The number of hydrogen-bond acceptors (Lipinski definition) is 4. The highest BCUT2D eigenvalue weighted by atomic mass is 16.5. The molecule has 3 rings (SSSR count). The lowest BCUT2D eigenvalue weighted by atomic mass is 10.00. The topological polar surface area (TPSA) is 68.2 Å². The van der Waals surface area contributed by atoms with Gasteiger partial charge in [-0.3, -0.25) is 4.79 Å². The number of para-hydroxylation sites is 1. The number of aromatic nitrogens is 2. The number of piperidine rings is 1. The van der Waals surface area contributed by atoms with E-state index in [1.165, 1.54) is 0 Å². The molecule has 2 heterocycles. The fourth-order valence-corrected chi connectivity index (χ4v) is 3.02. The van der Waals surface area contributed by atoms with Crippen LogP contribution in [-0.2, 0) is 0 Å². The van der Waals surface area contributed by atoms with Gasteiger partial charge in [-0.1, -0.05) is 25.1 Å². The molecule has 2 N–H and O–H groups in total. The van der Waals surface area contributed by atoms with E-state index in [2.05, 4.69) is 22.7 Å². The van der Waals surface area contributed by atoms with Crippen LogP contribution < -0.4 is 15.4 Å². The number of ether oxygens (including phenoxy) is 1. The van der Waals surface area contributed by atoms with E-state index in [1.54, 1.807) is 10.9 Å². The van der Waals surface area contributed by atoms with Crippen molar-refractivity contribution in [1.29, 1.82) is 0 Å². The molecule has 0 bridgehead atoms. The van der Waals surface area contributed by atoms with Gasteiger partial charge in [0.1, 0.15) is 0 Å². The summed E-state index contributed by atoms with van der Waals surface area (Å²) < 4.78 is 7.46. The lowest BCUT2D eigenvalue weighted by Crippen LogP contribution is -2.52. The second-order valence-corrected chi connectivity index (χ2v) is 6.44. The fourth-order valence-electron chi connectivity index (χ4n) is 3.02. The van der Waals surface area contributed by atoms with Crippen LogP contribution in [0.4, 0.5) is 0 Å². The molecule has 0 radical (unpaired) electrons. The monoisotopic (exact) mass is 342 g/mol. The zero-order chi connectivity index (χ0) is 17.6. The largest absolute Gasteiger partial charge is 0.489 e.